The highest BCUT2D eigenvalue weighted by Crippen LogP contribution is 2.23. The molecule has 0 radical (unpaired) electrons. The van der Waals surface area contributed by atoms with Crippen LogP contribution in [0.15, 0.2) is 47.3 Å². The van der Waals surface area contributed by atoms with E-state index in [-0.39, 0.29) is 11.4 Å². The Morgan fingerprint density at radius 1 is 1.17 bits per heavy atom. The monoisotopic (exact) mass is 433 g/mol. The maximum Gasteiger partial charge on any atom is 0.307 e. The van der Waals surface area contributed by atoms with E-state index in [1.807, 2.05) is 12.1 Å². The third-order valence-corrected chi connectivity index (χ3v) is 6.75. The summed E-state index contributed by atoms with van der Waals surface area (Å²) in [6, 6.07) is 12.3. The van der Waals surface area contributed by atoms with Gasteiger partial charge in [0.05, 0.1) is 22.2 Å². The second-order valence-corrected chi connectivity index (χ2v) is 10.1. The highest BCUT2D eigenvalue weighted by atomic mass is 32.2. The van der Waals surface area contributed by atoms with Crippen LogP contribution < -0.4 is 14.5 Å². The number of amides is 1. The quantitative estimate of drug-likeness (QED) is 0.647. The minimum atomic E-state index is -3.65. The summed E-state index contributed by atoms with van der Waals surface area (Å²) in [5.74, 6) is -0.145. The van der Waals surface area contributed by atoms with Crippen molar-refractivity contribution in [2.24, 2.45) is 7.05 Å². The first-order chi connectivity index (χ1) is 13.6. The number of benzene rings is 2. The van der Waals surface area contributed by atoms with Crippen molar-refractivity contribution in [2.45, 2.75) is 19.8 Å². The predicted octanol–water partition coefficient (Wildman–Crippen LogP) is 3.13. The van der Waals surface area contributed by atoms with Crippen molar-refractivity contribution in [2.75, 3.05) is 22.4 Å². The molecule has 0 bridgehead atoms. The van der Waals surface area contributed by atoms with Gasteiger partial charge in [-0.3, -0.25) is 13.9 Å². The zero-order chi connectivity index (χ0) is 21.3. The molecule has 9 heteroatoms. The molecule has 0 unspecified atom stereocenters. The molecule has 2 aromatic carbocycles. The summed E-state index contributed by atoms with van der Waals surface area (Å²) >= 11 is 1.09. The number of carbonyl (C=O) groups is 1. The van der Waals surface area contributed by atoms with E-state index >= 15 is 0 Å². The van der Waals surface area contributed by atoms with Crippen molar-refractivity contribution >= 4 is 48.9 Å². The van der Waals surface area contributed by atoms with Gasteiger partial charge in [-0.25, -0.2) is 8.42 Å². The van der Waals surface area contributed by atoms with Crippen molar-refractivity contribution in [3.05, 3.63) is 57.7 Å². The van der Waals surface area contributed by atoms with Crippen molar-refractivity contribution in [1.29, 1.82) is 0 Å². The van der Waals surface area contributed by atoms with Crippen molar-refractivity contribution < 1.29 is 13.2 Å². The Morgan fingerprint density at radius 3 is 2.41 bits per heavy atom. The molecule has 3 aromatic rings. The second-order valence-electron chi connectivity index (χ2n) is 7.17. The number of nitrogens with zero attached hydrogens (tertiary/aromatic N) is 2. The summed E-state index contributed by atoms with van der Waals surface area (Å²) in [6.07, 6.45) is 1.07. The molecule has 29 heavy (non-hydrogen) atoms. The largest absolute Gasteiger partial charge is 0.324 e. The van der Waals surface area contributed by atoms with Crippen LogP contribution in [0.5, 0.6) is 0 Å². The van der Waals surface area contributed by atoms with Gasteiger partial charge in [0.15, 0.2) is 0 Å². The van der Waals surface area contributed by atoms with E-state index in [1.54, 1.807) is 37.4 Å². The molecule has 0 saturated carbocycles. The van der Waals surface area contributed by atoms with E-state index in [1.165, 1.54) is 4.57 Å². The average molecular weight is 434 g/mol. The summed E-state index contributed by atoms with van der Waals surface area (Å²) in [7, 11) is -1.96. The van der Waals surface area contributed by atoms with Gasteiger partial charge in [0.2, 0.25) is 15.9 Å². The maximum atomic E-state index is 12.5. The van der Waals surface area contributed by atoms with Gasteiger partial charge in [0.1, 0.15) is 6.54 Å². The minimum Gasteiger partial charge on any atom is -0.324 e. The third kappa shape index (κ3) is 4.68. The molecular formula is C20H23N3O4S2. The lowest BCUT2D eigenvalue weighted by atomic mass is 10.0. The fourth-order valence-electron chi connectivity index (χ4n) is 2.97. The minimum absolute atomic E-state index is 0.0865. The molecule has 0 fully saturated rings. The molecule has 0 atom stereocenters. The van der Waals surface area contributed by atoms with Crippen LogP contribution in [0.2, 0.25) is 0 Å². The summed E-state index contributed by atoms with van der Waals surface area (Å²) in [6.45, 7) is 3.76. The molecule has 0 aliphatic heterocycles. The van der Waals surface area contributed by atoms with E-state index in [4.69, 9.17) is 0 Å². The van der Waals surface area contributed by atoms with E-state index in [9.17, 15) is 18.0 Å². The highest BCUT2D eigenvalue weighted by Gasteiger charge is 2.21. The van der Waals surface area contributed by atoms with E-state index in [2.05, 4.69) is 19.2 Å². The van der Waals surface area contributed by atoms with Gasteiger partial charge in [-0.15, -0.1) is 0 Å². The fraction of sp³-hybridized carbons (Fsp3) is 0.300. The van der Waals surface area contributed by atoms with Crippen LogP contribution in [0.4, 0.5) is 11.4 Å². The lowest BCUT2D eigenvalue weighted by molar-refractivity contribution is -0.114. The molecule has 0 aliphatic carbocycles. The van der Waals surface area contributed by atoms with Gasteiger partial charge >= 0.3 is 4.87 Å². The molecule has 154 valence electrons. The number of fused-ring (bicyclic) bond motifs is 1. The zero-order valence-electron chi connectivity index (χ0n) is 16.7. The Balaban J connectivity index is 1.81. The first-order valence-corrected chi connectivity index (χ1v) is 11.7. The number of nitrogens with one attached hydrogen (secondary N) is 1. The van der Waals surface area contributed by atoms with Gasteiger partial charge in [-0.05, 0) is 41.8 Å². The summed E-state index contributed by atoms with van der Waals surface area (Å²) < 4.78 is 27.9. The Kier molecular flexibility index (Phi) is 5.81. The van der Waals surface area contributed by atoms with Crippen molar-refractivity contribution in [3.8, 4) is 0 Å². The number of hydrogen-bond donors (Lipinski definition) is 1. The number of rotatable bonds is 6. The van der Waals surface area contributed by atoms with Crippen LogP contribution in [0.3, 0.4) is 0 Å². The number of aromatic nitrogens is 1. The molecule has 1 N–H and O–H groups in total. The van der Waals surface area contributed by atoms with Gasteiger partial charge < -0.3 is 9.88 Å². The van der Waals surface area contributed by atoms with Crippen LogP contribution in [0, 0.1) is 0 Å². The Labute approximate surface area is 173 Å². The van der Waals surface area contributed by atoms with Gasteiger partial charge in [-0.2, -0.15) is 0 Å². The number of anilines is 2. The maximum absolute atomic E-state index is 12.5. The number of sulfonamides is 1. The number of aryl methyl sites for hydroxylation is 1. The predicted molar refractivity (Wildman–Crippen MR) is 118 cm³/mol. The normalized spacial score (nSPS) is 11.8. The Morgan fingerprint density at radius 2 is 1.83 bits per heavy atom. The van der Waals surface area contributed by atoms with E-state index in [0.717, 1.165) is 37.7 Å². The zero-order valence-corrected chi connectivity index (χ0v) is 18.3. The van der Waals surface area contributed by atoms with Gasteiger partial charge in [0, 0.05) is 12.7 Å². The summed E-state index contributed by atoms with van der Waals surface area (Å²) in [4.78, 5) is 24.2. The number of hydrogen-bond acceptors (Lipinski definition) is 5. The van der Waals surface area contributed by atoms with Crippen LogP contribution >= 0.6 is 11.3 Å². The summed E-state index contributed by atoms with van der Waals surface area (Å²) in [5.41, 5.74) is 2.81. The standard InChI is InChI=1S/C20H23N3O4S2/c1-13(2)14-5-8-16(9-6-14)23(29(4,26)27)12-19(24)21-15-7-10-17-18(11-15)28-20(25)22(17)3/h5-11,13H,12H2,1-4H3,(H,21,24). The van der Waals surface area contributed by atoms with Crippen LogP contribution in [0.1, 0.15) is 25.3 Å². The highest BCUT2D eigenvalue weighted by molar-refractivity contribution is 7.92. The molecule has 0 saturated heterocycles. The first kappa shape index (κ1) is 21.1. The van der Waals surface area contributed by atoms with Crippen LogP contribution in [-0.2, 0) is 21.9 Å². The van der Waals surface area contributed by atoms with Crippen molar-refractivity contribution in [3.63, 3.8) is 0 Å². The van der Waals surface area contributed by atoms with Gasteiger partial charge in [-0.1, -0.05) is 37.3 Å². The fourth-order valence-corrected chi connectivity index (χ4v) is 4.74. The molecule has 0 spiro atoms. The molecule has 1 heterocycles. The van der Waals surface area contributed by atoms with E-state index in [0.29, 0.717) is 17.3 Å². The van der Waals surface area contributed by atoms with Gasteiger partial charge in [0.25, 0.3) is 0 Å². The molecule has 1 amide bonds. The summed E-state index contributed by atoms with van der Waals surface area (Å²) in [5, 5.41) is 2.72. The number of thiazole rings is 1. The van der Waals surface area contributed by atoms with Crippen molar-refractivity contribution in [1.82, 2.24) is 4.57 Å². The van der Waals surface area contributed by atoms with E-state index < -0.39 is 15.9 Å². The number of carbonyl (C=O) groups excluding carboxylic acids is 1. The Hall–Kier alpha value is -2.65. The molecule has 1 aromatic heterocycles. The lowest BCUT2D eigenvalue weighted by Crippen LogP contribution is -2.37. The SMILES string of the molecule is CC(C)c1ccc(N(CC(=O)Nc2ccc3c(c2)sc(=O)n3C)S(C)(=O)=O)cc1. The average Bonchev–Trinajstić information content (AvgIpc) is 2.92. The first-order valence-electron chi connectivity index (χ1n) is 9.03. The molecule has 7 nitrogen and oxygen atoms in total. The lowest BCUT2D eigenvalue weighted by Gasteiger charge is -2.22. The second kappa shape index (κ2) is 8.00. The van der Waals surface area contributed by atoms with Crippen LogP contribution in [0.25, 0.3) is 10.2 Å². The topological polar surface area (TPSA) is 88.5 Å². The third-order valence-electron chi connectivity index (χ3n) is 4.61. The smallest absolute Gasteiger partial charge is 0.307 e. The molecular weight excluding hydrogens is 410 g/mol. The Bertz CT molecular complexity index is 1210. The molecule has 0 aliphatic rings. The van der Waals surface area contributed by atoms with Crippen LogP contribution in [-0.4, -0.2) is 31.7 Å². The molecule has 3 rings (SSSR count).